The lowest BCUT2D eigenvalue weighted by Crippen LogP contribution is -2.49. The van der Waals surface area contributed by atoms with Gasteiger partial charge in [0, 0.05) is 13.7 Å². The van der Waals surface area contributed by atoms with E-state index in [4.69, 9.17) is 4.74 Å². The fourth-order valence-corrected chi connectivity index (χ4v) is 4.64. The number of aliphatic hydroxyl groups is 1. The Bertz CT molecular complexity index is 1280. The quantitative estimate of drug-likeness (QED) is 0.312. The number of benzene rings is 5. The molecule has 5 aromatic carbocycles. The third-order valence-electron chi connectivity index (χ3n) is 6.13. The molecule has 0 amide bonds. The lowest BCUT2D eigenvalue weighted by molar-refractivity contribution is 0.0723. The summed E-state index contributed by atoms with van der Waals surface area (Å²) < 4.78 is 5.29. The monoisotopic (exact) mass is 383 g/mol. The average Bonchev–Trinajstić information content (AvgIpc) is 2.76. The Morgan fingerprint density at radius 3 is 2.03 bits per heavy atom. The molecule has 0 heterocycles. The molecule has 0 bridgehead atoms. The van der Waals surface area contributed by atoms with Crippen LogP contribution < -0.4 is 5.32 Å². The highest BCUT2D eigenvalue weighted by atomic mass is 16.5. The largest absolute Gasteiger partial charge is 0.394 e. The second-order valence-electron chi connectivity index (χ2n) is 8.21. The first-order chi connectivity index (χ1) is 14.1. The van der Waals surface area contributed by atoms with Crippen molar-refractivity contribution in [3.8, 4) is 0 Å². The Labute approximate surface area is 170 Å². The molecule has 5 aromatic rings. The van der Waals surface area contributed by atoms with Crippen LogP contribution in [0.4, 0.5) is 0 Å². The molecule has 0 radical (unpaired) electrons. The predicted octanol–water partition coefficient (Wildman–Crippen LogP) is 5.22. The van der Waals surface area contributed by atoms with Gasteiger partial charge in [0.05, 0.1) is 18.8 Å². The molecule has 1 unspecified atom stereocenters. The van der Waals surface area contributed by atoms with Crippen LogP contribution in [0.3, 0.4) is 0 Å². The number of fused-ring (bicyclic) bond motifs is 2. The van der Waals surface area contributed by atoms with Crippen molar-refractivity contribution >= 4 is 43.1 Å². The zero-order valence-corrected chi connectivity index (χ0v) is 16.8. The Morgan fingerprint density at radius 1 is 0.793 bits per heavy atom. The zero-order valence-electron chi connectivity index (χ0n) is 16.8. The van der Waals surface area contributed by atoms with Crippen LogP contribution in [-0.4, -0.2) is 31.0 Å². The van der Waals surface area contributed by atoms with Gasteiger partial charge in [0.15, 0.2) is 0 Å². The molecule has 29 heavy (non-hydrogen) atoms. The van der Waals surface area contributed by atoms with Gasteiger partial charge in [-0.1, -0.05) is 66.7 Å². The number of hydrogen-bond acceptors (Lipinski definition) is 3. The van der Waals surface area contributed by atoms with Crippen LogP contribution in [-0.2, 0) is 11.3 Å². The Hall–Kier alpha value is -2.72. The number of hydrogen-bond donors (Lipinski definition) is 2. The van der Waals surface area contributed by atoms with Gasteiger partial charge in [-0.2, -0.15) is 0 Å². The van der Waals surface area contributed by atoms with E-state index in [-0.39, 0.29) is 6.61 Å². The summed E-state index contributed by atoms with van der Waals surface area (Å²) in [7, 11) is 1.66. The number of ether oxygens (including phenoxy) is 1. The smallest absolute Gasteiger partial charge is 0.0664 e. The van der Waals surface area contributed by atoms with Gasteiger partial charge in [-0.3, -0.25) is 0 Å². The van der Waals surface area contributed by atoms with Gasteiger partial charge >= 0.3 is 0 Å². The highest BCUT2D eigenvalue weighted by molar-refractivity contribution is 6.33. The summed E-state index contributed by atoms with van der Waals surface area (Å²) in [6, 6.07) is 24.2. The molecular formula is C26H25NO2. The Balaban J connectivity index is 1.74. The van der Waals surface area contributed by atoms with E-state index in [0.717, 1.165) is 0 Å². The fraction of sp³-hybridized carbons (Fsp3) is 0.231. The maximum atomic E-state index is 9.79. The molecule has 0 fully saturated rings. The summed E-state index contributed by atoms with van der Waals surface area (Å²) in [6.07, 6.45) is 0. The van der Waals surface area contributed by atoms with E-state index in [2.05, 4.69) is 72.0 Å². The summed E-state index contributed by atoms with van der Waals surface area (Å²) in [5.41, 5.74) is 0.764. The van der Waals surface area contributed by atoms with Crippen molar-refractivity contribution in [1.82, 2.24) is 5.32 Å². The molecule has 1 atom stereocenters. The Kier molecular flexibility index (Phi) is 4.39. The standard InChI is InChI=1S/C26H25NO2/c1-26(15-28,16-29-2)27-14-18-12-13-23-21-10-4-7-17-6-3-9-20(24(17)21)22-11-5-8-19(18)25(22)23/h3-13,27-28H,14-16H2,1-2H3. The van der Waals surface area contributed by atoms with E-state index in [1.807, 2.05) is 6.92 Å². The molecule has 3 heteroatoms. The minimum atomic E-state index is -0.466. The Morgan fingerprint density at radius 2 is 1.38 bits per heavy atom. The molecule has 0 aliphatic carbocycles. The van der Waals surface area contributed by atoms with Crippen LogP contribution in [0.25, 0.3) is 43.1 Å². The van der Waals surface area contributed by atoms with E-state index in [0.29, 0.717) is 13.2 Å². The zero-order chi connectivity index (χ0) is 20.0. The van der Waals surface area contributed by atoms with E-state index < -0.39 is 5.54 Å². The van der Waals surface area contributed by atoms with Crippen molar-refractivity contribution in [2.24, 2.45) is 0 Å². The van der Waals surface area contributed by atoms with Gasteiger partial charge < -0.3 is 15.2 Å². The lowest BCUT2D eigenvalue weighted by atomic mass is 9.88. The van der Waals surface area contributed by atoms with Crippen molar-refractivity contribution in [1.29, 1.82) is 0 Å². The lowest BCUT2D eigenvalue weighted by Gasteiger charge is -2.28. The molecule has 0 aliphatic rings. The molecule has 0 aromatic heterocycles. The van der Waals surface area contributed by atoms with E-state index in [1.54, 1.807) is 7.11 Å². The number of aliphatic hydroxyl groups excluding tert-OH is 1. The summed E-state index contributed by atoms with van der Waals surface area (Å²) in [5.74, 6) is 0. The minimum absolute atomic E-state index is 0.0253. The highest BCUT2D eigenvalue weighted by Gasteiger charge is 2.23. The summed E-state index contributed by atoms with van der Waals surface area (Å²) >= 11 is 0. The molecule has 0 aliphatic heterocycles. The summed E-state index contributed by atoms with van der Waals surface area (Å²) in [4.78, 5) is 0. The van der Waals surface area contributed by atoms with Crippen LogP contribution in [0, 0.1) is 0 Å². The molecule has 5 rings (SSSR count). The SMILES string of the molecule is COCC(C)(CO)NCc1ccc2c3cccc4cccc(c5cccc1c52)c43. The van der Waals surface area contributed by atoms with Gasteiger partial charge in [-0.25, -0.2) is 0 Å². The van der Waals surface area contributed by atoms with Gasteiger partial charge in [0.1, 0.15) is 0 Å². The summed E-state index contributed by atoms with van der Waals surface area (Å²) in [6.45, 7) is 3.14. The van der Waals surface area contributed by atoms with Crippen LogP contribution in [0.5, 0.6) is 0 Å². The molecule has 2 N–H and O–H groups in total. The van der Waals surface area contributed by atoms with Crippen molar-refractivity contribution in [2.45, 2.75) is 19.0 Å². The molecule has 0 saturated carbocycles. The first kappa shape index (κ1) is 18.3. The highest BCUT2D eigenvalue weighted by Crippen LogP contribution is 2.40. The molecular weight excluding hydrogens is 358 g/mol. The maximum absolute atomic E-state index is 9.79. The molecule has 0 saturated heterocycles. The molecule has 146 valence electrons. The number of methoxy groups -OCH3 is 1. The maximum Gasteiger partial charge on any atom is 0.0664 e. The third kappa shape index (κ3) is 2.85. The van der Waals surface area contributed by atoms with Crippen LogP contribution in [0.1, 0.15) is 12.5 Å². The summed E-state index contributed by atoms with van der Waals surface area (Å²) in [5, 5.41) is 23.7. The second kappa shape index (κ2) is 6.96. The van der Waals surface area contributed by atoms with Crippen LogP contribution >= 0.6 is 0 Å². The molecule has 0 spiro atoms. The second-order valence-corrected chi connectivity index (χ2v) is 8.21. The van der Waals surface area contributed by atoms with Gasteiger partial charge in [0.25, 0.3) is 0 Å². The minimum Gasteiger partial charge on any atom is -0.394 e. The van der Waals surface area contributed by atoms with Crippen molar-refractivity contribution in [3.05, 3.63) is 72.3 Å². The van der Waals surface area contributed by atoms with Crippen molar-refractivity contribution < 1.29 is 9.84 Å². The fourth-order valence-electron chi connectivity index (χ4n) is 4.64. The number of nitrogens with one attached hydrogen (secondary N) is 1. The molecule has 3 nitrogen and oxygen atoms in total. The first-order valence-corrected chi connectivity index (χ1v) is 10.1. The van der Waals surface area contributed by atoms with Gasteiger partial charge in [0.2, 0.25) is 0 Å². The van der Waals surface area contributed by atoms with Crippen LogP contribution in [0.15, 0.2) is 66.7 Å². The van der Waals surface area contributed by atoms with Gasteiger partial charge in [-0.05, 0) is 55.6 Å². The number of rotatable bonds is 6. The van der Waals surface area contributed by atoms with E-state index in [9.17, 15) is 5.11 Å². The first-order valence-electron chi connectivity index (χ1n) is 10.1. The van der Waals surface area contributed by atoms with Crippen molar-refractivity contribution in [2.75, 3.05) is 20.3 Å². The topological polar surface area (TPSA) is 41.5 Å². The predicted molar refractivity (Wildman–Crippen MR) is 122 cm³/mol. The average molecular weight is 383 g/mol. The van der Waals surface area contributed by atoms with E-state index >= 15 is 0 Å². The third-order valence-corrected chi connectivity index (χ3v) is 6.13. The van der Waals surface area contributed by atoms with Crippen molar-refractivity contribution in [3.63, 3.8) is 0 Å². The van der Waals surface area contributed by atoms with E-state index in [1.165, 1.54) is 48.7 Å². The normalized spacial score (nSPS) is 14.3. The van der Waals surface area contributed by atoms with Gasteiger partial charge in [-0.15, -0.1) is 0 Å². The van der Waals surface area contributed by atoms with Crippen LogP contribution in [0.2, 0.25) is 0 Å².